The number of ether oxygens (including phenoxy) is 1. The molecule has 0 radical (unpaired) electrons. The molecule has 0 bridgehead atoms. The van der Waals surface area contributed by atoms with Crippen LogP contribution in [0.4, 0.5) is 0 Å². The van der Waals surface area contributed by atoms with E-state index in [1.54, 1.807) is 0 Å². The number of aliphatic imine (C=N–C) groups is 1. The Labute approximate surface area is 184 Å². The molecule has 1 heterocycles. The highest BCUT2D eigenvalue weighted by Gasteiger charge is 2.58. The molecule has 1 aliphatic heterocycles. The minimum Gasteiger partial charge on any atom is -0.377 e. The first-order chi connectivity index (χ1) is 12.5. The molecular weight excluding hydrogens is 473 g/mol. The molecule has 2 aliphatic carbocycles. The van der Waals surface area contributed by atoms with Crippen molar-refractivity contribution in [2.24, 2.45) is 16.3 Å². The second-order valence-electron chi connectivity index (χ2n) is 8.66. The van der Waals surface area contributed by atoms with Crippen LogP contribution in [0, 0.1) is 11.3 Å². The van der Waals surface area contributed by atoms with Gasteiger partial charge < -0.3 is 15.4 Å². The molecule has 1 saturated heterocycles. The summed E-state index contributed by atoms with van der Waals surface area (Å²) in [5, 5.41) is 7.73. The maximum absolute atomic E-state index is 12.2. The van der Waals surface area contributed by atoms with Crippen LogP contribution in [0.1, 0.15) is 66.2 Å². The van der Waals surface area contributed by atoms with Gasteiger partial charge in [-0.3, -0.25) is 9.20 Å². The number of guanidine groups is 1. The smallest absolute Gasteiger partial charge is 0.191 e. The molecule has 158 valence electrons. The molecule has 3 aliphatic rings. The summed E-state index contributed by atoms with van der Waals surface area (Å²) < 4.78 is 18.3. The van der Waals surface area contributed by atoms with E-state index in [0.29, 0.717) is 29.4 Å². The molecule has 0 amide bonds. The van der Waals surface area contributed by atoms with Gasteiger partial charge in [0.25, 0.3) is 0 Å². The number of fused-ring (bicyclic) bond motifs is 1. The zero-order chi connectivity index (χ0) is 18.7. The molecule has 3 fully saturated rings. The summed E-state index contributed by atoms with van der Waals surface area (Å²) >= 11 is 0. The number of hydrogen-bond acceptors (Lipinski definition) is 3. The molecule has 0 spiro atoms. The van der Waals surface area contributed by atoms with Gasteiger partial charge in [0.15, 0.2) is 5.96 Å². The zero-order valence-corrected chi connectivity index (χ0v) is 20.5. The summed E-state index contributed by atoms with van der Waals surface area (Å²) in [7, 11) is -0.689. The van der Waals surface area contributed by atoms with Crippen molar-refractivity contribution >= 4 is 40.7 Å². The van der Waals surface area contributed by atoms with E-state index >= 15 is 0 Å². The highest BCUT2D eigenvalue weighted by atomic mass is 127. The maximum atomic E-state index is 12.2. The van der Waals surface area contributed by atoms with Crippen molar-refractivity contribution in [1.29, 1.82) is 0 Å². The minimum absolute atomic E-state index is 0. The van der Waals surface area contributed by atoms with Gasteiger partial charge in [0.2, 0.25) is 0 Å². The topological polar surface area (TPSA) is 62.7 Å². The number of rotatable bonds is 5. The Morgan fingerprint density at radius 2 is 1.96 bits per heavy atom. The predicted octanol–water partition coefficient (Wildman–Crippen LogP) is 3.44. The molecule has 6 atom stereocenters. The van der Waals surface area contributed by atoms with Crippen molar-refractivity contribution in [2.75, 3.05) is 18.9 Å². The van der Waals surface area contributed by atoms with Crippen molar-refractivity contribution in [3.8, 4) is 0 Å². The Morgan fingerprint density at radius 1 is 1.19 bits per heavy atom. The lowest BCUT2D eigenvalue weighted by atomic mass is 9.55. The van der Waals surface area contributed by atoms with E-state index in [4.69, 9.17) is 9.73 Å². The minimum atomic E-state index is -0.689. The van der Waals surface area contributed by atoms with E-state index in [0.717, 1.165) is 57.0 Å². The Morgan fingerprint density at radius 3 is 2.67 bits per heavy atom. The van der Waals surface area contributed by atoms with E-state index in [9.17, 15) is 4.21 Å². The molecule has 0 aromatic carbocycles. The van der Waals surface area contributed by atoms with E-state index in [-0.39, 0.29) is 29.4 Å². The highest BCUT2D eigenvalue weighted by Crippen LogP contribution is 2.51. The van der Waals surface area contributed by atoms with Gasteiger partial charge in [-0.25, -0.2) is 0 Å². The van der Waals surface area contributed by atoms with Crippen molar-refractivity contribution in [3.05, 3.63) is 0 Å². The zero-order valence-electron chi connectivity index (χ0n) is 17.3. The van der Waals surface area contributed by atoms with Crippen molar-refractivity contribution in [1.82, 2.24) is 10.6 Å². The number of nitrogens with zero attached hydrogens (tertiary/aromatic N) is 1. The fraction of sp³-hybridized carbons (Fsp3) is 0.950. The lowest BCUT2D eigenvalue weighted by molar-refractivity contribution is -0.188. The van der Waals surface area contributed by atoms with Crippen LogP contribution < -0.4 is 10.6 Å². The van der Waals surface area contributed by atoms with Crippen LogP contribution >= 0.6 is 24.0 Å². The van der Waals surface area contributed by atoms with Crippen LogP contribution in [0.3, 0.4) is 0 Å². The molecule has 3 rings (SSSR count). The second-order valence-corrected chi connectivity index (χ2v) is 10.7. The van der Waals surface area contributed by atoms with Gasteiger partial charge in [-0.2, -0.15) is 0 Å². The summed E-state index contributed by atoms with van der Waals surface area (Å²) in [5.41, 5.74) is 0.139. The average Bonchev–Trinajstić information content (AvgIpc) is 2.65. The van der Waals surface area contributed by atoms with Gasteiger partial charge in [-0.05, 0) is 39.0 Å². The SMILES string of the molecule is CCN=C(NC1CCCC(S(=O)CC)C1)NC1C2CCCOC2C1(C)C.I. The highest BCUT2D eigenvalue weighted by molar-refractivity contribution is 14.0. The standard InChI is InChI=1S/C20H37N3O2S.HI/c1-5-21-19(22-14-9-7-10-15(13-14)26(24)6-2)23-17-16-11-8-12-25-18(16)20(17,3)4;/h14-18H,5-13H2,1-4H3,(H2,21,22,23);1H. The van der Waals surface area contributed by atoms with Gasteiger partial charge in [0.05, 0.1) is 6.10 Å². The third-order valence-electron chi connectivity index (χ3n) is 6.56. The van der Waals surface area contributed by atoms with Gasteiger partial charge in [-0.15, -0.1) is 24.0 Å². The molecule has 5 nitrogen and oxygen atoms in total. The lowest BCUT2D eigenvalue weighted by Gasteiger charge is -2.60. The van der Waals surface area contributed by atoms with Crippen molar-refractivity contribution in [2.45, 2.75) is 89.7 Å². The Balaban J connectivity index is 0.00000261. The molecule has 27 heavy (non-hydrogen) atoms. The Kier molecular flexibility index (Phi) is 8.86. The van der Waals surface area contributed by atoms with E-state index in [1.165, 1.54) is 6.42 Å². The van der Waals surface area contributed by atoms with Gasteiger partial charge in [0.1, 0.15) is 0 Å². The van der Waals surface area contributed by atoms with Crippen molar-refractivity contribution in [3.63, 3.8) is 0 Å². The summed E-state index contributed by atoms with van der Waals surface area (Å²) in [5.74, 6) is 2.29. The molecular formula is C20H38IN3O2S. The molecule has 0 aromatic heterocycles. The third kappa shape index (κ3) is 5.18. The summed E-state index contributed by atoms with van der Waals surface area (Å²) in [6.07, 6.45) is 7.17. The normalized spacial score (nSPS) is 36.6. The molecule has 0 aromatic rings. The quantitative estimate of drug-likeness (QED) is 0.337. The summed E-state index contributed by atoms with van der Waals surface area (Å²) in [4.78, 5) is 4.71. The monoisotopic (exact) mass is 511 g/mol. The summed E-state index contributed by atoms with van der Waals surface area (Å²) in [6.45, 7) is 10.4. The van der Waals surface area contributed by atoms with Gasteiger partial charge >= 0.3 is 0 Å². The third-order valence-corrected chi connectivity index (χ3v) is 8.30. The Hall–Kier alpha value is 0.110. The largest absolute Gasteiger partial charge is 0.377 e. The van der Waals surface area contributed by atoms with Crippen LogP contribution in [-0.4, -0.2) is 52.5 Å². The van der Waals surface area contributed by atoms with Crippen LogP contribution in [0.25, 0.3) is 0 Å². The first kappa shape index (κ1) is 23.4. The van der Waals surface area contributed by atoms with Crippen LogP contribution in [0.5, 0.6) is 0 Å². The van der Waals surface area contributed by atoms with Gasteiger partial charge in [-0.1, -0.05) is 27.2 Å². The fourth-order valence-corrected chi connectivity index (χ4v) is 6.55. The molecule has 7 heteroatoms. The van der Waals surface area contributed by atoms with Crippen molar-refractivity contribution < 1.29 is 8.95 Å². The molecule has 6 unspecified atom stereocenters. The Bertz CT molecular complexity index is 543. The predicted molar refractivity (Wildman–Crippen MR) is 124 cm³/mol. The van der Waals surface area contributed by atoms with Crippen LogP contribution in [0.2, 0.25) is 0 Å². The second kappa shape index (κ2) is 10.2. The lowest BCUT2D eigenvalue weighted by Crippen LogP contribution is -2.71. The maximum Gasteiger partial charge on any atom is 0.191 e. The fourth-order valence-electron chi connectivity index (χ4n) is 5.20. The van der Waals surface area contributed by atoms with Gasteiger partial charge in [0, 0.05) is 58.4 Å². The molecule has 2 N–H and O–H groups in total. The number of halogens is 1. The molecule has 2 saturated carbocycles. The average molecular weight is 512 g/mol. The van der Waals surface area contributed by atoms with E-state index in [2.05, 4.69) is 31.4 Å². The van der Waals surface area contributed by atoms with E-state index < -0.39 is 10.8 Å². The summed E-state index contributed by atoms with van der Waals surface area (Å²) in [6, 6.07) is 0.790. The number of hydrogen-bond donors (Lipinski definition) is 2. The number of nitrogens with one attached hydrogen (secondary N) is 2. The van der Waals surface area contributed by atoms with Crippen LogP contribution in [0.15, 0.2) is 4.99 Å². The first-order valence-corrected chi connectivity index (χ1v) is 11.9. The van der Waals surface area contributed by atoms with Crippen LogP contribution in [-0.2, 0) is 15.5 Å². The first-order valence-electron chi connectivity index (χ1n) is 10.5. The van der Waals surface area contributed by atoms with E-state index in [1.807, 2.05) is 6.92 Å².